The molecule has 2 unspecified atom stereocenters. The van der Waals surface area contributed by atoms with Gasteiger partial charge in [-0.3, -0.25) is 10.1 Å². The highest BCUT2D eigenvalue weighted by molar-refractivity contribution is 5.54. The van der Waals surface area contributed by atoms with E-state index in [4.69, 9.17) is 10.5 Å². The molecule has 2 heterocycles. The van der Waals surface area contributed by atoms with Crippen LogP contribution in [0.1, 0.15) is 13.8 Å². The second-order valence-corrected chi connectivity index (χ2v) is 4.51. The molecule has 98 valence electrons. The predicted molar refractivity (Wildman–Crippen MR) is 67.5 cm³/mol. The van der Waals surface area contributed by atoms with Crippen LogP contribution in [0, 0.1) is 10.1 Å². The summed E-state index contributed by atoms with van der Waals surface area (Å²) in [5, 5.41) is 10.8. The van der Waals surface area contributed by atoms with E-state index < -0.39 is 4.92 Å². The molecule has 1 aliphatic heterocycles. The first-order valence-corrected chi connectivity index (χ1v) is 5.77. The molecule has 1 saturated heterocycles. The zero-order chi connectivity index (χ0) is 13.3. The molecule has 0 saturated carbocycles. The maximum atomic E-state index is 10.8. The Morgan fingerprint density at radius 3 is 2.94 bits per heavy atom. The van der Waals surface area contributed by atoms with Gasteiger partial charge in [-0.1, -0.05) is 0 Å². The van der Waals surface area contributed by atoms with Gasteiger partial charge in [-0.2, -0.15) is 0 Å². The van der Waals surface area contributed by atoms with E-state index in [0.29, 0.717) is 19.0 Å². The van der Waals surface area contributed by atoms with E-state index in [0.717, 1.165) is 0 Å². The Labute approximate surface area is 105 Å². The van der Waals surface area contributed by atoms with Crippen LogP contribution in [-0.4, -0.2) is 35.2 Å². The van der Waals surface area contributed by atoms with Crippen molar-refractivity contribution in [2.24, 2.45) is 0 Å². The van der Waals surface area contributed by atoms with Crippen molar-refractivity contribution in [2.75, 3.05) is 23.8 Å². The average Bonchev–Trinajstić information content (AvgIpc) is 2.31. The largest absolute Gasteiger partial charge is 0.383 e. The Bertz CT molecular complexity index is 466. The maximum Gasteiger partial charge on any atom is 0.276 e. The number of anilines is 2. The molecule has 7 nitrogen and oxygen atoms in total. The summed E-state index contributed by atoms with van der Waals surface area (Å²) in [7, 11) is 0. The first-order valence-electron chi connectivity index (χ1n) is 5.77. The molecule has 0 radical (unpaired) electrons. The summed E-state index contributed by atoms with van der Waals surface area (Å²) in [6.45, 7) is 5.17. The van der Waals surface area contributed by atoms with Crippen molar-refractivity contribution in [3.05, 3.63) is 22.2 Å². The molecule has 0 aliphatic carbocycles. The van der Waals surface area contributed by atoms with Crippen LogP contribution in [0.3, 0.4) is 0 Å². The van der Waals surface area contributed by atoms with Gasteiger partial charge in [0.25, 0.3) is 5.69 Å². The summed E-state index contributed by atoms with van der Waals surface area (Å²) in [6.07, 6.45) is 0.0727. The molecular weight excluding hydrogens is 236 g/mol. The van der Waals surface area contributed by atoms with Gasteiger partial charge in [0, 0.05) is 6.54 Å². The van der Waals surface area contributed by atoms with Gasteiger partial charge in [-0.25, -0.2) is 4.98 Å². The monoisotopic (exact) mass is 252 g/mol. The standard InChI is InChI=1S/C11H16N4O3/c1-7-6-18-8(2)5-14(7)11-4-9(15(16)17)3-10(12)13-11/h3-4,7-8H,5-6H2,1-2H3,(H2,12,13). The van der Waals surface area contributed by atoms with Crippen LogP contribution in [0.15, 0.2) is 12.1 Å². The molecule has 2 N–H and O–H groups in total. The van der Waals surface area contributed by atoms with E-state index in [-0.39, 0.29) is 23.7 Å². The fourth-order valence-corrected chi connectivity index (χ4v) is 2.00. The van der Waals surface area contributed by atoms with Gasteiger partial charge in [0.1, 0.15) is 11.6 Å². The average molecular weight is 252 g/mol. The Kier molecular flexibility index (Phi) is 3.33. The molecule has 1 aromatic heterocycles. The number of nitrogens with two attached hydrogens (primary N) is 1. The molecule has 2 rings (SSSR count). The maximum absolute atomic E-state index is 10.8. The van der Waals surface area contributed by atoms with Gasteiger partial charge in [0.05, 0.1) is 35.8 Å². The first-order chi connectivity index (χ1) is 8.47. The molecule has 1 fully saturated rings. The van der Waals surface area contributed by atoms with Crippen LogP contribution in [-0.2, 0) is 4.74 Å². The predicted octanol–water partition coefficient (Wildman–Crippen LogP) is 1.19. The third-order valence-electron chi connectivity index (χ3n) is 2.93. The van der Waals surface area contributed by atoms with Crippen LogP contribution < -0.4 is 10.6 Å². The van der Waals surface area contributed by atoms with Crippen molar-refractivity contribution in [3.63, 3.8) is 0 Å². The molecule has 0 amide bonds. The summed E-state index contributed by atoms with van der Waals surface area (Å²) in [4.78, 5) is 16.5. The lowest BCUT2D eigenvalue weighted by Crippen LogP contribution is -2.47. The fourth-order valence-electron chi connectivity index (χ4n) is 2.00. The lowest BCUT2D eigenvalue weighted by atomic mass is 10.2. The number of pyridine rings is 1. The van der Waals surface area contributed by atoms with Gasteiger partial charge >= 0.3 is 0 Å². The third-order valence-corrected chi connectivity index (χ3v) is 2.93. The summed E-state index contributed by atoms with van der Waals surface area (Å²) < 4.78 is 5.52. The van der Waals surface area contributed by atoms with Crippen molar-refractivity contribution in [2.45, 2.75) is 26.0 Å². The lowest BCUT2D eigenvalue weighted by Gasteiger charge is -2.37. The van der Waals surface area contributed by atoms with Gasteiger partial charge in [0.2, 0.25) is 0 Å². The Hall–Kier alpha value is -1.89. The molecule has 18 heavy (non-hydrogen) atoms. The number of rotatable bonds is 2. The van der Waals surface area contributed by atoms with Gasteiger partial charge in [0.15, 0.2) is 0 Å². The minimum absolute atomic E-state index is 0.0381. The lowest BCUT2D eigenvalue weighted by molar-refractivity contribution is -0.384. The highest BCUT2D eigenvalue weighted by Gasteiger charge is 2.26. The summed E-state index contributed by atoms with van der Waals surface area (Å²) >= 11 is 0. The van der Waals surface area contributed by atoms with Crippen LogP contribution >= 0.6 is 0 Å². The number of morpholine rings is 1. The Balaban J connectivity index is 2.34. The number of hydrogen-bond donors (Lipinski definition) is 1. The van der Waals surface area contributed by atoms with Crippen LogP contribution in [0.4, 0.5) is 17.3 Å². The van der Waals surface area contributed by atoms with Gasteiger partial charge < -0.3 is 15.4 Å². The molecule has 0 aromatic carbocycles. The summed E-state index contributed by atoms with van der Waals surface area (Å²) in [6, 6.07) is 2.83. The molecule has 1 aliphatic rings. The van der Waals surface area contributed by atoms with Crippen LogP contribution in [0.5, 0.6) is 0 Å². The number of nitrogens with zero attached hydrogens (tertiary/aromatic N) is 3. The first kappa shape index (κ1) is 12.6. The second-order valence-electron chi connectivity index (χ2n) is 4.51. The van der Waals surface area contributed by atoms with E-state index in [1.54, 1.807) is 0 Å². The number of ether oxygens (including phenoxy) is 1. The number of aromatic nitrogens is 1. The Morgan fingerprint density at radius 2 is 2.28 bits per heavy atom. The van der Waals surface area contributed by atoms with E-state index in [1.165, 1.54) is 12.1 Å². The molecular formula is C11H16N4O3. The number of hydrogen-bond acceptors (Lipinski definition) is 6. The zero-order valence-electron chi connectivity index (χ0n) is 10.4. The third kappa shape index (κ3) is 2.51. The smallest absolute Gasteiger partial charge is 0.276 e. The molecule has 0 spiro atoms. The van der Waals surface area contributed by atoms with E-state index in [9.17, 15) is 10.1 Å². The minimum Gasteiger partial charge on any atom is -0.383 e. The van der Waals surface area contributed by atoms with Crippen molar-refractivity contribution in [3.8, 4) is 0 Å². The van der Waals surface area contributed by atoms with E-state index >= 15 is 0 Å². The SMILES string of the molecule is CC1CN(c2cc([N+](=O)[O-])cc(N)n2)C(C)CO1. The number of nitrogen functional groups attached to an aromatic ring is 1. The van der Waals surface area contributed by atoms with Gasteiger partial charge in [-0.15, -0.1) is 0 Å². The quantitative estimate of drug-likeness (QED) is 0.627. The van der Waals surface area contributed by atoms with Crippen LogP contribution in [0.2, 0.25) is 0 Å². The summed E-state index contributed by atoms with van der Waals surface area (Å²) in [5.41, 5.74) is 5.57. The summed E-state index contributed by atoms with van der Waals surface area (Å²) in [5.74, 6) is 0.690. The molecule has 1 aromatic rings. The van der Waals surface area contributed by atoms with Crippen molar-refractivity contribution < 1.29 is 9.66 Å². The van der Waals surface area contributed by atoms with E-state index in [1.807, 2.05) is 18.7 Å². The second kappa shape index (κ2) is 4.77. The van der Waals surface area contributed by atoms with Crippen LogP contribution in [0.25, 0.3) is 0 Å². The van der Waals surface area contributed by atoms with E-state index in [2.05, 4.69) is 4.98 Å². The molecule has 2 atom stereocenters. The van der Waals surface area contributed by atoms with Crippen molar-refractivity contribution >= 4 is 17.3 Å². The van der Waals surface area contributed by atoms with Crippen molar-refractivity contribution in [1.82, 2.24) is 4.98 Å². The highest BCUT2D eigenvalue weighted by atomic mass is 16.6. The number of nitro groups is 1. The topological polar surface area (TPSA) is 94.5 Å². The zero-order valence-corrected chi connectivity index (χ0v) is 10.4. The normalized spacial score (nSPS) is 24.0. The minimum atomic E-state index is -0.462. The Morgan fingerprint density at radius 1 is 1.56 bits per heavy atom. The fraction of sp³-hybridized carbons (Fsp3) is 0.545. The highest BCUT2D eigenvalue weighted by Crippen LogP contribution is 2.25. The molecule has 0 bridgehead atoms. The molecule has 7 heteroatoms. The van der Waals surface area contributed by atoms with Crippen molar-refractivity contribution in [1.29, 1.82) is 0 Å². The van der Waals surface area contributed by atoms with Gasteiger partial charge in [-0.05, 0) is 13.8 Å².